The third kappa shape index (κ3) is 4.34. The SMILES string of the molecule is Cc1ccc(N2C(=O)/C(=C/c3ccc(COc4ccc(Cl)cc4)o3)NC2=S)cc1. The predicted molar refractivity (Wildman–Crippen MR) is 117 cm³/mol. The highest BCUT2D eigenvalue weighted by Gasteiger charge is 2.32. The number of rotatable bonds is 5. The molecule has 2 aromatic carbocycles. The number of furan rings is 1. The second-order valence-electron chi connectivity index (χ2n) is 6.51. The van der Waals surface area contributed by atoms with Gasteiger partial charge < -0.3 is 14.5 Å². The molecule has 5 nitrogen and oxygen atoms in total. The molecule has 1 fully saturated rings. The Morgan fingerprint density at radius 1 is 1.10 bits per heavy atom. The van der Waals surface area contributed by atoms with Crippen LogP contribution in [0, 0.1) is 6.92 Å². The summed E-state index contributed by atoms with van der Waals surface area (Å²) in [5, 5.41) is 3.94. The Hall–Kier alpha value is -3.09. The van der Waals surface area contributed by atoms with Crippen molar-refractivity contribution in [2.75, 3.05) is 4.90 Å². The highest BCUT2D eigenvalue weighted by Crippen LogP contribution is 2.24. The van der Waals surface area contributed by atoms with Gasteiger partial charge in [0.1, 0.15) is 29.6 Å². The van der Waals surface area contributed by atoms with E-state index in [1.807, 2.05) is 31.2 Å². The number of thiocarbonyl (C=S) groups is 1. The van der Waals surface area contributed by atoms with E-state index in [1.54, 1.807) is 42.5 Å². The summed E-state index contributed by atoms with van der Waals surface area (Å²) in [5.41, 5.74) is 2.19. The van der Waals surface area contributed by atoms with Crippen LogP contribution >= 0.6 is 23.8 Å². The molecule has 0 spiro atoms. The van der Waals surface area contributed by atoms with Gasteiger partial charge in [0.15, 0.2) is 5.11 Å². The van der Waals surface area contributed by atoms with Crippen LogP contribution in [-0.2, 0) is 11.4 Å². The number of benzene rings is 2. The maximum atomic E-state index is 12.8. The predicted octanol–water partition coefficient (Wildman–Crippen LogP) is 5.08. The largest absolute Gasteiger partial charge is 0.486 e. The van der Waals surface area contributed by atoms with Gasteiger partial charge in [0.2, 0.25) is 0 Å². The molecule has 0 radical (unpaired) electrons. The normalized spacial score (nSPS) is 15.1. The number of ether oxygens (including phenoxy) is 1. The third-order valence-corrected chi connectivity index (χ3v) is 4.87. The number of nitrogens with zero attached hydrogens (tertiary/aromatic N) is 1. The number of amides is 1. The Balaban J connectivity index is 1.45. The summed E-state index contributed by atoms with van der Waals surface area (Å²) < 4.78 is 11.4. The van der Waals surface area contributed by atoms with Gasteiger partial charge in [-0.1, -0.05) is 29.3 Å². The topological polar surface area (TPSA) is 54.7 Å². The molecule has 146 valence electrons. The number of halogens is 1. The summed E-state index contributed by atoms with van der Waals surface area (Å²) >= 11 is 11.2. The van der Waals surface area contributed by atoms with E-state index in [2.05, 4.69) is 5.32 Å². The van der Waals surface area contributed by atoms with Crippen molar-refractivity contribution >= 4 is 46.6 Å². The molecule has 1 N–H and O–H groups in total. The number of hydrogen-bond donors (Lipinski definition) is 1. The summed E-state index contributed by atoms with van der Waals surface area (Å²) in [6.45, 7) is 2.25. The number of carbonyl (C=O) groups is 1. The number of hydrogen-bond acceptors (Lipinski definition) is 4. The van der Waals surface area contributed by atoms with Gasteiger partial charge in [0, 0.05) is 11.1 Å². The maximum Gasteiger partial charge on any atom is 0.281 e. The average Bonchev–Trinajstić information content (AvgIpc) is 3.26. The van der Waals surface area contributed by atoms with Gasteiger partial charge in [-0.15, -0.1) is 0 Å². The fourth-order valence-corrected chi connectivity index (χ4v) is 3.26. The molecule has 1 amide bonds. The summed E-state index contributed by atoms with van der Waals surface area (Å²) in [4.78, 5) is 14.2. The summed E-state index contributed by atoms with van der Waals surface area (Å²) in [7, 11) is 0. The van der Waals surface area contributed by atoms with E-state index in [4.69, 9.17) is 33.0 Å². The quantitative estimate of drug-likeness (QED) is 0.457. The molecule has 29 heavy (non-hydrogen) atoms. The van der Waals surface area contributed by atoms with Crippen molar-refractivity contribution in [1.29, 1.82) is 0 Å². The van der Waals surface area contributed by atoms with Crippen LogP contribution in [-0.4, -0.2) is 11.0 Å². The Bertz CT molecular complexity index is 1090. The number of carbonyl (C=O) groups excluding carboxylic acids is 1. The lowest BCUT2D eigenvalue weighted by molar-refractivity contribution is -0.113. The molecule has 0 saturated carbocycles. The van der Waals surface area contributed by atoms with E-state index in [9.17, 15) is 4.79 Å². The zero-order valence-electron chi connectivity index (χ0n) is 15.5. The van der Waals surface area contributed by atoms with Gasteiger partial charge in [-0.3, -0.25) is 9.69 Å². The van der Waals surface area contributed by atoms with Crippen LogP contribution in [0.5, 0.6) is 5.75 Å². The van der Waals surface area contributed by atoms with Gasteiger partial charge in [0.05, 0.1) is 5.69 Å². The monoisotopic (exact) mass is 424 g/mol. The second kappa shape index (κ2) is 8.11. The molecular formula is C22H17ClN2O3S. The zero-order valence-corrected chi connectivity index (χ0v) is 17.1. The van der Waals surface area contributed by atoms with E-state index < -0.39 is 0 Å². The lowest BCUT2D eigenvalue weighted by atomic mass is 10.2. The Morgan fingerprint density at radius 3 is 2.55 bits per heavy atom. The summed E-state index contributed by atoms with van der Waals surface area (Å²) in [5.74, 6) is 1.63. The summed E-state index contributed by atoms with van der Waals surface area (Å²) in [6, 6.07) is 18.3. The number of aryl methyl sites for hydroxylation is 1. The molecule has 1 aliphatic rings. The van der Waals surface area contributed by atoms with Crippen molar-refractivity contribution in [2.24, 2.45) is 0 Å². The van der Waals surface area contributed by atoms with Gasteiger partial charge >= 0.3 is 0 Å². The summed E-state index contributed by atoms with van der Waals surface area (Å²) in [6.07, 6.45) is 1.63. The first-order chi connectivity index (χ1) is 14.0. The van der Waals surface area contributed by atoms with E-state index in [1.165, 1.54) is 4.90 Å². The molecule has 0 bridgehead atoms. The van der Waals surface area contributed by atoms with Crippen LogP contribution in [0.3, 0.4) is 0 Å². The Morgan fingerprint density at radius 2 is 1.83 bits per heavy atom. The van der Waals surface area contributed by atoms with Gasteiger partial charge in [0.25, 0.3) is 5.91 Å². The maximum absolute atomic E-state index is 12.8. The smallest absolute Gasteiger partial charge is 0.281 e. The minimum atomic E-state index is -0.228. The highest BCUT2D eigenvalue weighted by molar-refractivity contribution is 7.80. The van der Waals surface area contributed by atoms with Crippen LogP contribution in [0.25, 0.3) is 6.08 Å². The fraction of sp³-hybridized carbons (Fsp3) is 0.0909. The molecule has 1 aromatic heterocycles. The second-order valence-corrected chi connectivity index (χ2v) is 7.33. The molecule has 3 aromatic rings. The van der Waals surface area contributed by atoms with Crippen molar-refractivity contribution < 1.29 is 13.9 Å². The van der Waals surface area contributed by atoms with E-state index in [-0.39, 0.29) is 12.5 Å². The third-order valence-electron chi connectivity index (χ3n) is 4.33. The standard InChI is InChI=1S/C22H17ClN2O3S/c1-14-2-6-16(7-3-14)25-21(26)20(24-22(25)29)12-18-10-11-19(28-18)13-27-17-8-4-15(23)5-9-17/h2-12H,13H2,1H3,(H,24,29)/b20-12-. The van der Waals surface area contributed by atoms with E-state index >= 15 is 0 Å². The first-order valence-electron chi connectivity index (χ1n) is 8.90. The molecule has 0 unspecified atom stereocenters. The number of nitrogens with one attached hydrogen (secondary N) is 1. The Labute approximate surface area is 178 Å². The lowest BCUT2D eigenvalue weighted by Gasteiger charge is -2.13. The van der Waals surface area contributed by atoms with Crippen molar-refractivity contribution in [3.63, 3.8) is 0 Å². The molecule has 2 heterocycles. The van der Waals surface area contributed by atoms with E-state index in [0.717, 1.165) is 11.3 Å². The van der Waals surface area contributed by atoms with Gasteiger partial charge in [-0.25, -0.2) is 0 Å². The van der Waals surface area contributed by atoms with E-state index in [0.29, 0.717) is 33.1 Å². The van der Waals surface area contributed by atoms with Crippen molar-refractivity contribution in [2.45, 2.75) is 13.5 Å². The van der Waals surface area contributed by atoms with Crippen molar-refractivity contribution in [1.82, 2.24) is 5.32 Å². The average molecular weight is 425 g/mol. The molecule has 4 rings (SSSR count). The molecule has 1 aliphatic heterocycles. The number of anilines is 1. The fourth-order valence-electron chi connectivity index (χ4n) is 2.84. The van der Waals surface area contributed by atoms with Crippen molar-refractivity contribution in [3.8, 4) is 5.75 Å². The molecular weight excluding hydrogens is 408 g/mol. The van der Waals surface area contributed by atoms with Crippen LogP contribution in [0.1, 0.15) is 17.1 Å². The van der Waals surface area contributed by atoms with Crippen LogP contribution in [0.4, 0.5) is 5.69 Å². The minimum absolute atomic E-state index is 0.228. The van der Waals surface area contributed by atoms with Crippen LogP contribution in [0.15, 0.2) is 70.8 Å². The van der Waals surface area contributed by atoms with Crippen molar-refractivity contribution in [3.05, 3.63) is 88.5 Å². The van der Waals surface area contributed by atoms with Gasteiger partial charge in [-0.2, -0.15) is 0 Å². The molecule has 0 aliphatic carbocycles. The molecule has 7 heteroatoms. The zero-order chi connectivity index (χ0) is 20.4. The van der Waals surface area contributed by atoms with Crippen LogP contribution < -0.4 is 15.0 Å². The minimum Gasteiger partial charge on any atom is -0.486 e. The molecule has 0 atom stereocenters. The lowest BCUT2D eigenvalue weighted by Crippen LogP contribution is -2.30. The van der Waals surface area contributed by atoms with Gasteiger partial charge in [-0.05, 0) is 67.7 Å². The van der Waals surface area contributed by atoms with Crippen LogP contribution in [0.2, 0.25) is 5.02 Å². The first-order valence-corrected chi connectivity index (χ1v) is 9.69. The molecule has 1 saturated heterocycles. The Kier molecular flexibility index (Phi) is 5.38. The first kappa shape index (κ1) is 19.2. The highest BCUT2D eigenvalue weighted by atomic mass is 35.5.